The average Bonchev–Trinajstić information content (AvgIpc) is 2.53. The van der Waals surface area contributed by atoms with E-state index in [4.69, 9.17) is 4.74 Å². The number of nitrogens with zero attached hydrogens (tertiary/aromatic N) is 1. The van der Waals surface area contributed by atoms with Gasteiger partial charge in [-0.15, -0.1) is 0 Å². The quantitative estimate of drug-likeness (QED) is 0.381. The maximum absolute atomic E-state index is 11.9. The number of rotatable bonds is 6. The predicted molar refractivity (Wildman–Crippen MR) is 87.5 cm³/mol. The van der Waals surface area contributed by atoms with Gasteiger partial charge in [-0.3, -0.25) is 4.79 Å². The van der Waals surface area contributed by atoms with Gasteiger partial charge in [-0.1, -0.05) is 0 Å². The molecule has 2 rings (SSSR count). The number of carbonyl (C=O) groups excluding carboxylic acids is 1. The zero-order chi connectivity index (χ0) is 19.4. The number of carboxylic acid groups (broad SMARTS) is 2. The van der Waals surface area contributed by atoms with E-state index < -0.39 is 23.8 Å². The number of carboxylic acids is 2. The van der Waals surface area contributed by atoms with Gasteiger partial charge in [0.25, 0.3) is 0 Å². The first-order chi connectivity index (χ1) is 12.3. The summed E-state index contributed by atoms with van der Waals surface area (Å²) in [6, 6.07) is 2.86. The van der Waals surface area contributed by atoms with Crippen molar-refractivity contribution in [1.82, 2.24) is 5.32 Å². The Morgan fingerprint density at radius 2 is 1.92 bits per heavy atom. The molecule has 9 nitrogen and oxygen atoms in total. The van der Waals surface area contributed by atoms with Crippen molar-refractivity contribution in [2.24, 2.45) is 0 Å². The highest BCUT2D eigenvalue weighted by atomic mass is 16.5. The molecule has 0 saturated heterocycles. The van der Waals surface area contributed by atoms with Gasteiger partial charge >= 0.3 is 17.9 Å². The van der Waals surface area contributed by atoms with Gasteiger partial charge in [-0.25, -0.2) is 9.59 Å². The lowest BCUT2D eigenvalue weighted by Gasteiger charge is -2.29. The maximum atomic E-state index is 11.9. The van der Waals surface area contributed by atoms with Gasteiger partial charge in [-0.2, -0.15) is 4.73 Å². The summed E-state index contributed by atoms with van der Waals surface area (Å²) in [4.78, 5) is 35.5. The highest BCUT2D eigenvalue weighted by Crippen LogP contribution is 2.38. The van der Waals surface area contributed by atoms with E-state index in [1.165, 1.54) is 25.3 Å². The first kappa shape index (κ1) is 19.0. The molecule has 3 N–H and O–H groups in total. The van der Waals surface area contributed by atoms with Crippen LogP contribution in [-0.2, 0) is 19.1 Å². The van der Waals surface area contributed by atoms with E-state index in [1.807, 2.05) is 0 Å². The van der Waals surface area contributed by atoms with E-state index in [9.17, 15) is 29.8 Å². The molecule has 0 spiro atoms. The number of aromatic nitrogens is 1. The number of hydrogen-bond donors (Lipinski definition) is 3. The maximum Gasteiger partial charge on any atom is 0.334 e. The van der Waals surface area contributed by atoms with Crippen molar-refractivity contribution in [2.75, 3.05) is 6.61 Å². The fraction of sp³-hybridized carbons (Fsp3) is 0.294. The first-order valence-corrected chi connectivity index (χ1v) is 7.78. The highest BCUT2D eigenvalue weighted by molar-refractivity contribution is 5.99. The summed E-state index contributed by atoms with van der Waals surface area (Å²) in [5.74, 6) is -4.58. The van der Waals surface area contributed by atoms with Crippen molar-refractivity contribution in [3.63, 3.8) is 0 Å². The average molecular weight is 362 g/mol. The second-order valence-electron chi connectivity index (χ2n) is 5.58. The summed E-state index contributed by atoms with van der Waals surface area (Å²) in [7, 11) is 0. The number of allylic oxidation sites excluding steroid dienone is 1. The third-order valence-corrected chi connectivity index (χ3v) is 3.86. The molecule has 26 heavy (non-hydrogen) atoms. The fourth-order valence-corrected chi connectivity index (χ4v) is 2.90. The van der Waals surface area contributed by atoms with Crippen molar-refractivity contribution < 1.29 is 34.1 Å². The van der Waals surface area contributed by atoms with Crippen LogP contribution >= 0.6 is 0 Å². The Balaban J connectivity index is 2.65. The lowest BCUT2D eigenvalue weighted by atomic mass is 9.80. The van der Waals surface area contributed by atoms with Crippen LogP contribution in [0, 0.1) is 5.21 Å². The van der Waals surface area contributed by atoms with E-state index in [-0.39, 0.29) is 41.1 Å². The standard InChI is InChI=1S/C17H18N2O7/c1-3-26-12(20)7-11-15(17(23)24)14(10-5-4-6-19(25)8-10)13(16(21)22)9(2)18-11/h4-6,8,14,18H,3,7H2,1-2H3,(H,21,22)(H,23,24). The molecule has 0 aromatic carbocycles. The van der Waals surface area contributed by atoms with E-state index in [2.05, 4.69) is 5.32 Å². The zero-order valence-corrected chi connectivity index (χ0v) is 14.2. The molecule has 0 saturated carbocycles. The molecule has 1 unspecified atom stereocenters. The second kappa shape index (κ2) is 7.68. The van der Waals surface area contributed by atoms with E-state index in [0.29, 0.717) is 4.73 Å². The Hall–Kier alpha value is -3.36. The minimum absolute atomic E-state index is 0.0322. The smallest absolute Gasteiger partial charge is 0.334 e. The van der Waals surface area contributed by atoms with Gasteiger partial charge in [0, 0.05) is 23.0 Å². The molecule has 0 aliphatic carbocycles. The van der Waals surface area contributed by atoms with Crippen molar-refractivity contribution in [2.45, 2.75) is 26.2 Å². The molecule has 0 radical (unpaired) electrons. The summed E-state index contributed by atoms with van der Waals surface area (Å²) in [5.41, 5.74) is -0.106. The Morgan fingerprint density at radius 1 is 1.27 bits per heavy atom. The summed E-state index contributed by atoms with van der Waals surface area (Å²) >= 11 is 0. The van der Waals surface area contributed by atoms with Gasteiger partial charge in [0.1, 0.15) is 0 Å². The van der Waals surface area contributed by atoms with Crippen LogP contribution in [0.4, 0.5) is 0 Å². The van der Waals surface area contributed by atoms with Gasteiger partial charge in [0.2, 0.25) is 0 Å². The number of esters is 1. The van der Waals surface area contributed by atoms with Crippen LogP contribution in [0.3, 0.4) is 0 Å². The molecule has 2 heterocycles. The molecule has 1 aliphatic heterocycles. The molecular formula is C17H18N2O7. The first-order valence-electron chi connectivity index (χ1n) is 7.78. The Morgan fingerprint density at radius 3 is 2.46 bits per heavy atom. The number of aliphatic carboxylic acids is 2. The Bertz CT molecular complexity index is 826. The van der Waals surface area contributed by atoms with E-state index in [1.54, 1.807) is 6.92 Å². The summed E-state index contributed by atoms with van der Waals surface area (Å²) in [6.45, 7) is 3.21. The van der Waals surface area contributed by atoms with Crippen LogP contribution in [0.2, 0.25) is 0 Å². The van der Waals surface area contributed by atoms with Gasteiger partial charge in [0.05, 0.1) is 30.1 Å². The number of pyridine rings is 1. The minimum Gasteiger partial charge on any atom is -0.619 e. The molecule has 9 heteroatoms. The zero-order valence-electron chi connectivity index (χ0n) is 14.2. The molecule has 0 fully saturated rings. The largest absolute Gasteiger partial charge is 0.619 e. The second-order valence-corrected chi connectivity index (χ2v) is 5.58. The Labute approximate surface area is 148 Å². The molecule has 0 amide bonds. The Kier molecular flexibility index (Phi) is 5.61. The van der Waals surface area contributed by atoms with E-state index in [0.717, 1.165) is 6.20 Å². The molecule has 1 atom stereocenters. The monoisotopic (exact) mass is 362 g/mol. The van der Waals surface area contributed by atoms with Gasteiger partial charge < -0.3 is 25.5 Å². The number of hydrogen-bond acceptors (Lipinski definition) is 6. The van der Waals surface area contributed by atoms with Crippen LogP contribution < -0.4 is 10.0 Å². The van der Waals surface area contributed by atoms with Gasteiger partial charge in [0.15, 0.2) is 12.4 Å². The molecule has 0 bridgehead atoms. The third kappa shape index (κ3) is 3.82. The van der Waals surface area contributed by atoms with Crippen LogP contribution in [0.25, 0.3) is 0 Å². The molecule has 1 aromatic rings. The SMILES string of the molecule is CCOC(=O)CC1=C(C(=O)O)C(c2ccc[n+]([O-])c2)C(C(=O)O)=C(C)N1. The van der Waals surface area contributed by atoms with Crippen LogP contribution in [0.5, 0.6) is 0 Å². The lowest BCUT2D eigenvalue weighted by Crippen LogP contribution is -2.34. The highest BCUT2D eigenvalue weighted by Gasteiger charge is 2.39. The summed E-state index contributed by atoms with van der Waals surface area (Å²) in [5, 5.41) is 33.6. The fourth-order valence-electron chi connectivity index (χ4n) is 2.90. The minimum atomic E-state index is -1.39. The van der Waals surface area contributed by atoms with Crippen molar-refractivity contribution in [3.8, 4) is 0 Å². The number of nitrogens with one attached hydrogen (secondary N) is 1. The third-order valence-electron chi connectivity index (χ3n) is 3.86. The van der Waals surface area contributed by atoms with Gasteiger partial charge in [-0.05, 0) is 19.9 Å². The molecule has 138 valence electrons. The van der Waals surface area contributed by atoms with E-state index >= 15 is 0 Å². The van der Waals surface area contributed by atoms with Crippen molar-refractivity contribution >= 4 is 17.9 Å². The molecule has 1 aromatic heterocycles. The summed E-state index contributed by atoms with van der Waals surface area (Å²) < 4.78 is 5.30. The normalized spacial score (nSPS) is 16.9. The molecular weight excluding hydrogens is 344 g/mol. The number of ether oxygens (including phenoxy) is 1. The topological polar surface area (TPSA) is 140 Å². The van der Waals surface area contributed by atoms with Crippen LogP contribution in [-0.4, -0.2) is 34.7 Å². The summed E-state index contributed by atoms with van der Waals surface area (Å²) in [6.07, 6.45) is 1.95. The van der Waals surface area contributed by atoms with Crippen molar-refractivity contribution in [1.29, 1.82) is 0 Å². The van der Waals surface area contributed by atoms with Crippen molar-refractivity contribution in [3.05, 3.63) is 57.8 Å². The van der Waals surface area contributed by atoms with Crippen LogP contribution in [0.1, 0.15) is 31.7 Å². The number of carbonyl (C=O) groups is 3. The lowest BCUT2D eigenvalue weighted by molar-refractivity contribution is -0.605. The number of dihydropyridines is 1. The predicted octanol–water partition coefficient (Wildman–Crippen LogP) is 0.657. The van der Waals surface area contributed by atoms with Crippen LogP contribution in [0.15, 0.2) is 47.1 Å². The molecule has 1 aliphatic rings.